The minimum absolute atomic E-state index is 0.0220. The Labute approximate surface area is 144 Å². The Morgan fingerprint density at radius 3 is 2.64 bits per heavy atom. The van der Waals surface area contributed by atoms with Crippen LogP contribution in [0.25, 0.3) is 11.1 Å². The molecule has 8 heteroatoms. The van der Waals surface area contributed by atoms with Gasteiger partial charge in [0.2, 0.25) is 15.9 Å². The van der Waals surface area contributed by atoms with Gasteiger partial charge >= 0.3 is 5.97 Å². The van der Waals surface area contributed by atoms with Crippen LogP contribution < -0.4 is 0 Å². The molecule has 0 saturated carbocycles. The molecule has 0 fully saturated rings. The number of carbonyl (C=O) groups excluding carboxylic acids is 1. The van der Waals surface area contributed by atoms with E-state index in [-0.39, 0.29) is 23.0 Å². The molecule has 1 heterocycles. The SMILES string of the molecule is CN(C)S(=O)(=O)c1cccc(C(=O)OCc2nc3ccccc3o2)c1. The number of oxazole rings is 1. The fourth-order valence-corrected chi connectivity index (χ4v) is 3.13. The molecule has 0 aliphatic carbocycles. The minimum atomic E-state index is -3.62. The summed E-state index contributed by atoms with van der Waals surface area (Å²) in [5, 5.41) is 0. The van der Waals surface area contributed by atoms with Gasteiger partial charge in [-0.1, -0.05) is 18.2 Å². The Morgan fingerprint density at radius 2 is 1.92 bits per heavy atom. The summed E-state index contributed by atoms with van der Waals surface area (Å²) >= 11 is 0. The van der Waals surface area contributed by atoms with E-state index in [0.717, 1.165) is 4.31 Å². The maximum atomic E-state index is 12.2. The van der Waals surface area contributed by atoms with E-state index in [0.29, 0.717) is 11.1 Å². The first-order valence-corrected chi connectivity index (χ1v) is 8.86. The fraction of sp³-hybridized carbons (Fsp3) is 0.176. The molecular formula is C17H16N2O5S. The van der Waals surface area contributed by atoms with Gasteiger partial charge in [0, 0.05) is 14.1 Å². The molecule has 0 aliphatic heterocycles. The molecular weight excluding hydrogens is 344 g/mol. The van der Waals surface area contributed by atoms with E-state index < -0.39 is 16.0 Å². The van der Waals surface area contributed by atoms with Gasteiger partial charge in [0.25, 0.3) is 0 Å². The largest absolute Gasteiger partial charge is 0.452 e. The molecule has 130 valence electrons. The van der Waals surface area contributed by atoms with Crippen LogP contribution in [-0.4, -0.2) is 37.8 Å². The zero-order valence-corrected chi connectivity index (χ0v) is 14.5. The van der Waals surface area contributed by atoms with Crippen molar-refractivity contribution in [2.45, 2.75) is 11.5 Å². The summed E-state index contributed by atoms with van der Waals surface area (Å²) < 4.78 is 36.0. The van der Waals surface area contributed by atoms with Crippen molar-refractivity contribution in [1.29, 1.82) is 0 Å². The third-order valence-corrected chi connectivity index (χ3v) is 5.32. The number of para-hydroxylation sites is 2. The van der Waals surface area contributed by atoms with Crippen LogP contribution in [0.15, 0.2) is 57.8 Å². The standard InChI is InChI=1S/C17H16N2O5S/c1-19(2)25(21,22)13-7-5-6-12(10-13)17(20)23-11-16-18-14-8-3-4-9-15(14)24-16/h3-10H,11H2,1-2H3. The van der Waals surface area contributed by atoms with Crippen LogP contribution in [0.3, 0.4) is 0 Å². The molecule has 0 amide bonds. The van der Waals surface area contributed by atoms with Crippen molar-refractivity contribution in [2.24, 2.45) is 0 Å². The first-order valence-electron chi connectivity index (χ1n) is 7.42. The van der Waals surface area contributed by atoms with Crippen LogP contribution in [0.5, 0.6) is 0 Å². The van der Waals surface area contributed by atoms with Gasteiger partial charge < -0.3 is 9.15 Å². The van der Waals surface area contributed by atoms with Crippen LogP contribution in [-0.2, 0) is 21.4 Å². The maximum Gasteiger partial charge on any atom is 0.338 e. The Hall–Kier alpha value is -2.71. The van der Waals surface area contributed by atoms with Gasteiger partial charge in [-0.2, -0.15) is 0 Å². The van der Waals surface area contributed by atoms with Crippen molar-refractivity contribution in [2.75, 3.05) is 14.1 Å². The van der Waals surface area contributed by atoms with E-state index in [4.69, 9.17) is 9.15 Å². The number of hydrogen-bond donors (Lipinski definition) is 0. The third kappa shape index (κ3) is 3.54. The Balaban J connectivity index is 1.75. The van der Waals surface area contributed by atoms with Gasteiger partial charge in [-0.15, -0.1) is 0 Å². The highest BCUT2D eigenvalue weighted by Gasteiger charge is 2.19. The molecule has 0 bridgehead atoms. The lowest BCUT2D eigenvalue weighted by atomic mass is 10.2. The summed E-state index contributed by atoms with van der Waals surface area (Å²) in [7, 11) is -0.774. The smallest absolute Gasteiger partial charge is 0.338 e. The summed E-state index contributed by atoms with van der Waals surface area (Å²) in [5.41, 5.74) is 1.42. The molecule has 0 aliphatic rings. The van der Waals surface area contributed by atoms with Crippen molar-refractivity contribution < 1.29 is 22.4 Å². The highest BCUT2D eigenvalue weighted by atomic mass is 32.2. The predicted octanol–water partition coefficient (Wildman–Crippen LogP) is 2.44. The Kier molecular flexibility index (Phi) is 4.56. The maximum absolute atomic E-state index is 12.2. The van der Waals surface area contributed by atoms with Crippen molar-refractivity contribution in [3.05, 3.63) is 60.0 Å². The average Bonchev–Trinajstić information content (AvgIpc) is 3.02. The Morgan fingerprint density at radius 1 is 1.16 bits per heavy atom. The van der Waals surface area contributed by atoms with Crippen LogP contribution in [0, 0.1) is 0 Å². The average molecular weight is 360 g/mol. The summed E-state index contributed by atoms with van der Waals surface area (Å²) in [6.45, 7) is -0.141. The Bertz CT molecular complexity index is 991. The summed E-state index contributed by atoms with van der Waals surface area (Å²) in [6.07, 6.45) is 0. The highest BCUT2D eigenvalue weighted by Crippen LogP contribution is 2.18. The summed E-state index contributed by atoms with van der Waals surface area (Å²) in [5.74, 6) is -0.385. The molecule has 0 radical (unpaired) electrons. The predicted molar refractivity (Wildman–Crippen MR) is 90.4 cm³/mol. The number of benzene rings is 2. The van der Waals surface area contributed by atoms with Crippen molar-refractivity contribution >= 4 is 27.1 Å². The summed E-state index contributed by atoms with van der Waals surface area (Å²) in [6, 6.07) is 12.9. The molecule has 1 aromatic heterocycles. The van der Waals surface area contributed by atoms with Gasteiger partial charge in [0.1, 0.15) is 5.52 Å². The number of nitrogens with zero attached hydrogens (tertiary/aromatic N) is 2. The van der Waals surface area contributed by atoms with Gasteiger partial charge in [-0.05, 0) is 30.3 Å². The number of hydrogen-bond acceptors (Lipinski definition) is 6. The monoisotopic (exact) mass is 360 g/mol. The van der Waals surface area contributed by atoms with Crippen molar-refractivity contribution in [3.8, 4) is 0 Å². The van der Waals surface area contributed by atoms with Crippen LogP contribution in [0.1, 0.15) is 16.2 Å². The number of rotatable bonds is 5. The first-order chi connectivity index (χ1) is 11.9. The van der Waals surface area contributed by atoms with Gasteiger partial charge in [0.15, 0.2) is 12.2 Å². The minimum Gasteiger partial charge on any atom is -0.452 e. The number of aromatic nitrogens is 1. The number of ether oxygens (including phenoxy) is 1. The van der Waals surface area contributed by atoms with E-state index in [1.54, 1.807) is 12.1 Å². The summed E-state index contributed by atoms with van der Waals surface area (Å²) in [4.78, 5) is 16.4. The second kappa shape index (κ2) is 6.66. The van der Waals surface area contributed by atoms with Crippen molar-refractivity contribution in [3.63, 3.8) is 0 Å². The van der Waals surface area contributed by atoms with Gasteiger partial charge in [-0.25, -0.2) is 22.5 Å². The molecule has 0 unspecified atom stereocenters. The molecule has 0 spiro atoms. The van der Waals surface area contributed by atoms with Crippen LogP contribution in [0.2, 0.25) is 0 Å². The van der Waals surface area contributed by atoms with Crippen molar-refractivity contribution in [1.82, 2.24) is 9.29 Å². The highest BCUT2D eigenvalue weighted by molar-refractivity contribution is 7.89. The first kappa shape index (κ1) is 17.1. The molecule has 2 aromatic carbocycles. The number of fused-ring (bicyclic) bond motifs is 1. The molecule has 0 saturated heterocycles. The number of sulfonamides is 1. The molecule has 0 atom stereocenters. The van der Waals surface area contributed by atoms with Gasteiger partial charge in [0.05, 0.1) is 10.5 Å². The zero-order chi connectivity index (χ0) is 18.0. The van der Waals surface area contributed by atoms with E-state index in [1.165, 1.54) is 38.4 Å². The van der Waals surface area contributed by atoms with Gasteiger partial charge in [-0.3, -0.25) is 0 Å². The fourth-order valence-electron chi connectivity index (χ4n) is 2.19. The lowest BCUT2D eigenvalue weighted by Gasteiger charge is -2.11. The normalized spacial score (nSPS) is 11.8. The topological polar surface area (TPSA) is 89.7 Å². The van der Waals surface area contributed by atoms with E-state index in [1.807, 2.05) is 12.1 Å². The molecule has 7 nitrogen and oxygen atoms in total. The van der Waals surface area contributed by atoms with Crippen LogP contribution in [0.4, 0.5) is 0 Å². The second-order valence-corrected chi connectivity index (χ2v) is 7.62. The molecule has 25 heavy (non-hydrogen) atoms. The second-order valence-electron chi connectivity index (χ2n) is 5.47. The number of esters is 1. The lowest BCUT2D eigenvalue weighted by Crippen LogP contribution is -2.22. The molecule has 0 N–H and O–H groups in total. The molecule has 3 aromatic rings. The van der Waals surface area contributed by atoms with E-state index in [9.17, 15) is 13.2 Å². The lowest BCUT2D eigenvalue weighted by molar-refractivity contribution is 0.0440. The van der Waals surface area contributed by atoms with E-state index >= 15 is 0 Å². The zero-order valence-electron chi connectivity index (χ0n) is 13.7. The van der Waals surface area contributed by atoms with Crippen LogP contribution >= 0.6 is 0 Å². The quantitative estimate of drug-likeness (QED) is 0.649. The number of carbonyl (C=O) groups is 1. The van der Waals surface area contributed by atoms with E-state index in [2.05, 4.69) is 4.98 Å². The third-order valence-electron chi connectivity index (χ3n) is 3.51. The molecule has 3 rings (SSSR count).